The average molecular weight is 277 g/mol. The van der Waals surface area contributed by atoms with E-state index in [1.807, 2.05) is 23.1 Å². The molecule has 1 aliphatic heterocycles. The van der Waals surface area contributed by atoms with Gasteiger partial charge < -0.3 is 21.1 Å². The van der Waals surface area contributed by atoms with Gasteiger partial charge >= 0.3 is 5.97 Å². The average Bonchev–Trinajstić information content (AvgIpc) is 2.79. The number of carbonyl (C=O) groups excluding carboxylic acids is 1. The molecule has 1 aromatic rings. The normalized spacial score (nSPS) is 13.1. The summed E-state index contributed by atoms with van der Waals surface area (Å²) in [6.45, 7) is 1.43. The largest absolute Gasteiger partial charge is 0.481 e. The molecule has 4 N–H and O–H groups in total. The lowest BCUT2D eigenvalue weighted by molar-refractivity contribution is -0.137. The van der Waals surface area contributed by atoms with Gasteiger partial charge in [0.2, 0.25) is 5.91 Å². The quantitative estimate of drug-likeness (QED) is 0.523. The molecule has 2 rings (SSSR count). The smallest absolute Gasteiger partial charge is 0.303 e. The van der Waals surface area contributed by atoms with Crippen LogP contribution in [-0.2, 0) is 16.0 Å². The number of nitrogens with zero attached hydrogens (tertiary/aromatic N) is 1. The Morgan fingerprint density at radius 3 is 2.95 bits per heavy atom. The van der Waals surface area contributed by atoms with Gasteiger partial charge in [0.25, 0.3) is 0 Å². The molecule has 0 bridgehead atoms. The van der Waals surface area contributed by atoms with E-state index < -0.39 is 5.97 Å². The van der Waals surface area contributed by atoms with Crippen LogP contribution >= 0.6 is 0 Å². The third-order valence-electron chi connectivity index (χ3n) is 3.34. The van der Waals surface area contributed by atoms with Gasteiger partial charge in [-0.2, -0.15) is 0 Å². The molecule has 0 atom stereocenters. The summed E-state index contributed by atoms with van der Waals surface area (Å²) in [6, 6.07) is 5.78. The highest BCUT2D eigenvalue weighted by Crippen LogP contribution is 2.33. The number of carbonyl (C=O) groups is 2. The molecule has 20 heavy (non-hydrogen) atoms. The zero-order valence-electron chi connectivity index (χ0n) is 11.3. The third kappa shape index (κ3) is 3.40. The number of hydrogen-bond acceptors (Lipinski definition) is 4. The Balaban J connectivity index is 1.84. The fourth-order valence-corrected chi connectivity index (χ4v) is 2.42. The summed E-state index contributed by atoms with van der Waals surface area (Å²) in [5.74, 6) is -0.952. The first-order chi connectivity index (χ1) is 9.58. The highest BCUT2D eigenvalue weighted by atomic mass is 16.4. The number of nitrogens with one attached hydrogen (secondary N) is 1. The molecule has 6 heteroatoms. The molecule has 0 unspecified atom stereocenters. The van der Waals surface area contributed by atoms with Crippen LogP contribution in [0.3, 0.4) is 0 Å². The van der Waals surface area contributed by atoms with Crippen molar-refractivity contribution in [3.05, 3.63) is 23.8 Å². The van der Waals surface area contributed by atoms with Crippen LogP contribution in [0.25, 0.3) is 0 Å². The van der Waals surface area contributed by atoms with Crippen LogP contribution in [0.1, 0.15) is 18.4 Å². The number of amides is 1. The summed E-state index contributed by atoms with van der Waals surface area (Å²) >= 11 is 0. The van der Waals surface area contributed by atoms with E-state index in [9.17, 15) is 9.59 Å². The molecule has 1 heterocycles. The van der Waals surface area contributed by atoms with Gasteiger partial charge in [-0.25, -0.2) is 0 Å². The van der Waals surface area contributed by atoms with Crippen LogP contribution in [0.15, 0.2) is 18.2 Å². The van der Waals surface area contributed by atoms with Crippen molar-refractivity contribution >= 4 is 23.3 Å². The Morgan fingerprint density at radius 1 is 1.40 bits per heavy atom. The number of rotatable bonds is 6. The predicted molar refractivity (Wildman–Crippen MR) is 76.7 cm³/mol. The van der Waals surface area contributed by atoms with Crippen molar-refractivity contribution in [1.82, 2.24) is 5.32 Å². The van der Waals surface area contributed by atoms with Crippen molar-refractivity contribution in [3.8, 4) is 0 Å². The summed E-state index contributed by atoms with van der Waals surface area (Å²) in [5.41, 5.74) is 8.77. The number of hydrogen-bond donors (Lipinski definition) is 3. The van der Waals surface area contributed by atoms with Gasteiger partial charge in [0.15, 0.2) is 0 Å². The fourth-order valence-electron chi connectivity index (χ4n) is 2.42. The van der Waals surface area contributed by atoms with E-state index in [0.717, 1.165) is 18.7 Å². The highest BCUT2D eigenvalue weighted by molar-refractivity contribution is 5.85. The molecule has 1 amide bonds. The van der Waals surface area contributed by atoms with Crippen LogP contribution in [0.5, 0.6) is 0 Å². The Labute approximate surface area is 117 Å². The zero-order valence-corrected chi connectivity index (χ0v) is 11.3. The maximum Gasteiger partial charge on any atom is 0.303 e. The minimum absolute atomic E-state index is 0.0692. The third-order valence-corrected chi connectivity index (χ3v) is 3.34. The van der Waals surface area contributed by atoms with Gasteiger partial charge in [-0.15, -0.1) is 0 Å². The minimum Gasteiger partial charge on any atom is -0.481 e. The van der Waals surface area contributed by atoms with Gasteiger partial charge in [-0.05, 0) is 24.5 Å². The van der Waals surface area contributed by atoms with E-state index in [1.54, 1.807) is 0 Å². The van der Waals surface area contributed by atoms with Gasteiger partial charge in [-0.1, -0.05) is 12.1 Å². The summed E-state index contributed by atoms with van der Waals surface area (Å²) in [4.78, 5) is 24.2. The van der Waals surface area contributed by atoms with Crippen LogP contribution in [0.2, 0.25) is 0 Å². The summed E-state index contributed by atoms with van der Waals surface area (Å²) in [7, 11) is 0. The summed E-state index contributed by atoms with van der Waals surface area (Å²) < 4.78 is 0. The number of aliphatic carboxylic acids is 1. The Hall–Kier alpha value is -2.24. The van der Waals surface area contributed by atoms with Crippen LogP contribution in [0.4, 0.5) is 11.4 Å². The number of fused-ring (bicyclic) bond motifs is 1. The van der Waals surface area contributed by atoms with Gasteiger partial charge in [-0.3, -0.25) is 9.59 Å². The molecule has 1 aliphatic rings. The van der Waals surface area contributed by atoms with Crippen molar-refractivity contribution < 1.29 is 14.7 Å². The predicted octanol–water partition coefficient (Wildman–Crippen LogP) is 0.612. The summed E-state index contributed by atoms with van der Waals surface area (Å²) in [5, 5.41) is 11.2. The Kier molecular flexibility index (Phi) is 4.45. The SMILES string of the molecule is Nc1cccc2c1N(CC(=O)NCCCC(=O)O)CC2. The first-order valence-corrected chi connectivity index (χ1v) is 6.68. The van der Waals surface area contributed by atoms with Crippen molar-refractivity contribution in [2.75, 3.05) is 30.3 Å². The molecule has 108 valence electrons. The number of nitrogen functional groups attached to an aromatic ring is 1. The number of carboxylic acid groups (broad SMARTS) is 1. The van der Waals surface area contributed by atoms with Crippen LogP contribution in [0, 0.1) is 0 Å². The zero-order chi connectivity index (χ0) is 14.5. The maximum atomic E-state index is 11.8. The molecule has 1 aromatic carbocycles. The van der Waals surface area contributed by atoms with E-state index in [0.29, 0.717) is 18.7 Å². The Morgan fingerprint density at radius 2 is 2.20 bits per heavy atom. The Bertz CT molecular complexity index is 516. The maximum absolute atomic E-state index is 11.8. The molecule has 0 saturated heterocycles. The van der Waals surface area contributed by atoms with Crippen molar-refractivity contribution in [1.29, 1.82) is 0 Å². The van der Waals surface area contributed by atoms with E-state index in [-0.39, 0.29) is 18.9 Å². The molecule has 0 spiro atoms. The first kappa shape index (κ1) is 14.2. The second kappa shape index (κ2) is 6.27. The van der Waals surface area contributed by atoms with E-state index in [4.69, 9.17) is 10.8 Å². The number of anilines is 2. The van der Waals surface area contributed by atoms with Crippen molar-refractivity contribution in [2.45, 2.75) is 19.3 Å². The fraction of sp³-hybridized carbons (Fsp3) is 0.429. The molecule has 0 radical (unpaired) electrons. The lowest BCUT2D eigenvalue weighted by atomic mass is 10.1. The molecule has 0 saturated carbocycles. The van der Waals surface area contributed by atoms with Crippen LogP contribution < -0.4 is 16.0 Å². The van der Waals surface area contributed by atoms with E-state index >= 15 is 0 Å². The van der Waals surface area contributed by atoms with Crippen LogP contribution in [-0.4, -0.2) is 36.6 Å². The number of benzene rings is 1. The highest BCUT2D eigenvalue weighted by Gasteiger charge is 2.22. The molecule has 0 fully saturated rings. The topological polar surface area (TPSA) is 95.7 Å². The van der Waals surface area contributed by atoms with Crippen molar-refractivity contribution in [3.63, 3.8) is 0 Å². The second-order valence-corrected chi connectivity index (χ2v) is 4.87. The second-order valence-electron chi connectivity index (χ2n) is 4.87. The number of para-hydroxylation sites is 1. The molecular weight excluding hydrogens is 258 g/mol. The van der Waals surface area contributed by atoms with E-state index in [1.165, 1.54) is 5.56 Å². The van der Waals surface area contributed by atoms with Gasteiger partial charge in [0, 0.05) is 19.5 Å². The number of nitrogens with two attached hydrogens (primary N) is 1. The lowest BCUT2D eigenvalue weighted by Crippen LogP contribution is -2.37. The van der Waals surface area contributed by atoms with Gasteiger partial charge in [0.05, 0.1) is 17.9 Å². The minimum atomic E-state index is -0.847. The van der Waals surface area contributed by atoms with Crippen molar-refractivity contribution in [2.24, 2.45) is 0 Å². The first-order valence-electron chi connectivity index (χ1n) is 6.68. The number of carboxylic acids is 1. The van der Waals surface area contributed by atoms with Gasteiger partial charge in [0.1, 0.15) is 0 Å². The van der Waals surface area contributed by atoms with E-state index in [2.05, 4.69) is 5.32 Å². The molecule has 0 aromatic heterocycles. The summed E-state index contributed by atoms with van der Waals surface area (Å²) in [6.07, 6.45) is 1.41. The molecule has 0 aliphatic carbocycles. The molecular formula is C14H19N3O3. The molecule has 6 nitrogen and oxygen atoms in total. The lowest BCUT2D eigenvalue weighted by Gasteiger charge is -2.20. The monoisotopic (exact) mass is 277 g/mol. The standard InChI is InChI=1S/C14H19N3O3/c15-11-4-1-3-10-6-8-17(14(10)11)9-12(18)16-7-2-5-13(19)20/h1,3-4H,2,5-9,15H2,(H,16,18)(H,19,20).